The molecule has 1 amide bonds. The number of hydrogen-bond donors (Lipinski definition) is 2. The smallest absolute Gasteiger partial charge is 0.240 e. The molecule has 0 atom stereocenters. The van der Waals surface area contributed by atoms with Gasteiger partial charge in [0, 0.05) is 19.0 Å². The summed E-state index contributed by atoms with van der Waals surface area (Å²) in [6.07, 6.45) is 3.95. The van der Waals surface area contributed by atoms with Gasteiger partial charge in [-0.3, -0.25) is 4.79 Å². The molecule has 0 radical (unpaired) electrons. The molecule has 0 saturated heterocycles. The number of benzene rings is 2. The van der Waals surface area contributed by atoms with Crippen molar-refractivity contribution in [3.05, 3.63) is 53.6 Å². The van der Waals surface area contributed by atoms with Crippen LogP contribution in [0.2, 0.25) is 0 Å². The second kappa shape index (κ2) is 12.9. The Labute approximate surface area is 209 Å². The molecule has 2 aromatic rings. The number of amides is 1. The summed E-state index contributed by atoms with van der Waals surface area (Å²) in [6, 6.07) is 12.7. The Balaban J connectivity index is 1.40. The molecule has 1 aliphatic rings. The van der Waals surface area contributed by atoms with E-state index in [1.54, 1.807) is 24.3 Å². The lowest BCUT2D eigenvalue weighted by Gasteiger charge is -2.28. The van der Waals surface area contributed by atoms with Crippen LogP contribution in [0.15, 0.2) is 47.4 Å². The van der Waals surface area contributed by atoms with Gasteiger partial charge in [0.2, 0.25) is 15.9 Å². The van der Waals surface area contributed by atoms with Crippen LogP contribution in [0, 0.1) is 18.8 Å². The molecule has 2 N–H and O–H groups in total. The molecule has 0 spiro atoms. The van der Waals surface area contributed by atoms with Gasteiger partial charge >= 0.3 is 0 Å². The molecule has 2 aromatic carbocycles. The molecule has 0 unspecified atom stereocenters. The minimum absolute atomic E-state index is 0.0146. The molecule has 0 aliphatic heterocycles. The Kier molecular flexibility index (Phi) is 9.98. The molecule has 1 aliphatic carbocycles. The minimum Gasteiger partial charge on any atom is -0.490 e. The lowest BCUT2D eigenvalue weighted by atomic mass is 9.81. The van der Waals surface area contributed by atoms with E-state index in [2.05, 4.69) is 10.0 Å². The molecular weight excluding hydrogens is 464 g/mol. The molecule has 35 heavy (non-hydrogen) atoms. The zero-order valence-corrected chi connectivity index (χ0v) is 21.8. The van der Waals surface area contributed by atoms with Gasteiger partial charge in [0.25, 0.3) is 0 Å². The molecule has 3 rings (SSSR count). The van der Waals surface area contributed by atoms with Crippen molar-refractivity contribution in [1.82, 2.24) is 10.0 Å². The zero-order chi connectivity index (χ0) is 25.3. The standard InChI is InChI=1S/C27H38N2O5S/c1-4-33-25-15-10-21(18-26(25)34-5-2)16-17-28-27(30)23-11-8-22(9-12-23)19-29-35(31,32)24-13-6-20(3)7-14-24/h6-7,10,13-15,18,22-23,29H,4-5,8-9,11-12,16-17,19H2,1-3H3,(H,28,30). The van der Waals surface area contributed by atoms with Crippen LogP contribution in [0.3, 0.4) is 0 Å². The normalized spacial score (nSPS) is 18.1. The fourth-order valence-electron chi connectivity index (χ4n) is 4.38. The summed E-state index contributed by atoms with van der Waals surface area (Å²) in [5, 5.41) is 3.07. The van der Waals surface area contributed by atoms with Crippen LogP contribution in [0.25, 0.3) is 0 Å². The van der Waals surface area contributed by atoms with Gasteiger partial charge in [0.05, 0.1) is 18.1 Å². The SMILES string of the molecule is CCOc1ccc(CCNC(=O)C2CCC(CNS(=O)(=O)c3ccc(C)cc3)CC2)cc1OCC. The van der Waals surface area contributed by atoms with E-state index in [-0.39, 0.29) is 22.6 Å². The van der Waals surface area contributed by atoms with Crippen LogP contribution >= 0.6 is 0 Å². The first-order valence-corrected chi connectivity index (χ1v) is 14.0. The Morgan fingerprint density at radius 3 is 2.26 bits per heavy atom. The third-order valence-electron chi connectivity index (χ3n) is 6.43. The van der Waals surface area contributed by atoms with E-state index in [0.717, 1.165) is 48.3 Å². The van der Waals surface area contributed by atoms with Gasteiger partial charge in [-0.05, 0) is 88.6 Å². The van der Waals surface area contributed by atoms with Gasteiger partial charge in [-0.2, -0.15) is 0 Å². The summed E-state index contributed by atoms with van der Waals surface area (Å²) >= 11 is 0. The lowest BCUT2D eigenvalue weighted by Crippen LogP contribution is -2.36. The molecule has 0 aromatic heterocycles. The Morgan fingerprint density at radius 2 is 1.60 bits per heavy atom. The number of ether oxygens (including phenoxy) is 2. The van der Waals surface area contributed by atoms with E-state index in [4.69, 9.17) is 9.47 Å². The Morgan fingerprint density at radius 1 is 0.943 bits per heavy atom. The van der Waals surface area contributed by atoms with Crippen molar-refractivity contribution >= 4 is 15.9 Å². The molecular formula is C27H38N2O5S. The predicted octanol–water partition coefficient (Wildman–Crippen LogP) is 4.24. The number of carbonyl (C=O) groups excluding carboxylic acids is 1. The van der Waals surface area contributed by atoms with Crippen molar-refractivity contribution in [3.8, 4) is 11.5 Å². The summed E-state index contributed by atoms with van der Waals surface area (Å²) < 4.78 is 39.0. The average Bonchev–Trinajstić information content (AvgIpc) is 2.85. The monoisotopic (exact) mass is 502 g/mol. The number of hydrogen-bond acceptors (Lipinski definition) is 5. The highest BCUT2D eigenvalue weighted by molar-refractivity contribution is 7.89. The van der Waals surface area contributed by atoms with E-state index in [9.17, 15) is 13.2 Å². The van der Waals surface area contributed by atoms with E-state index >= 15 is 0 Å². The lowest BCUT2D eigenvalue weighted by molar-refractivity contribution is -0.126. The van der Waals surface area contributed by atoms with Crippen LogP contribution in [0.5, 0.6) is 11.5 Å². The van der Waals surface area contributed by atoms with Gasteiger partial charge in [-0.15, -0.1) is 0 Å². The Bertz CT molecular complexity index is 1060. The summed E-state index contributed by atoms with van der Waals surface area (Å²) in [7, 11) is -3.50. The summed E-state index contributed by atoms with van der Waals surface area (Å²) in [6.45, 7) is 7.93. The third-order valence-corrected chi connectivity index (χ3v) is 7.87. The van der Waals surface area contributed by atoms with E-state index in [1.807, 2.05) is 39.0 Å². The van der Waals surface area contributed by atoms with Crippen LogP contribution in [0.1, 0.15) is 50.7 Å². The fraction of sp³-hybridized carbons (Fsp3) is 0.519. The molecule has 1 fully saturated rings. The van der Waals surface area contributed by atoms with Gasteiger partial charge < -0.3 is 14.8 Å². The summed E-state index contributed by atoms with van der Waals surface area (Å²) in [5.74, 6) is 1.79. The highest BCUT2D eigenvalue weighted by Crippen LogP contribution is 2.30. The van der Waals surface area contributed by atoms with Crippen molar-refractivity contribution in [1.29, 1.82) is 0 Å². The van der Waals surface area contributed by atoms with Crippen LogP contribution in [0.4, 0.5) is 0 Å². The topological polar surface area (TPSA) is 93.7 Å². The summed E-state index contributed by atoms with van der Waals surface area (Å²) in [5.41, 5.74) is 2.11. The number of sulfonamides is 1. The van der Waals surface area contributed by atoms with E-state index in [0.29, 0.717) is 32.7 Å². The summed E-state index contributed by atoms with van der Waals surface area (Å²) in [4.78, 5) is 13.0. The molecule has 8 heteroatoms. The van der Waals surface area contributed by atoms with Crippen LogP contribution in [-0.2, 0) is 21.2 Å². The fourth-order valence-corrected chi connectivity index (χ4v) is 5.50. The molecule has 0 bridgehead atoms. The number of nitrogens with one attached hydrogen (secondary N) is 2. The number of rotatable bonds is 12. The maximum Gasteiger partial charge on any atom is 0.240 e. The average molecular weight is 503 g/mol. The second-order valence-electron chi connectivity index (χ2n) is 9.07. The van der Waals surface area contributed by atoms with Crippen LogP contribution in [-0.4, -0.2) is 40.6 Å². The quantitative estimate of drug-likeness (QED) is 0.453. The largest absolute Gasteiger partial charge is 0.490 e. The number of carbonyl (C=O) groups is 1. The highest BCUT2D eigenvalue weighted by atomic mass is 32.2. The first kappa shape index (κ1) is 27.0. The van der Waals surface area contributed by atoms with Crippen molar-refractivity contribution in [2.75, 3.05) is 26.3 Å². The van der Waals surface area contributed by atoms with Crippen LogP contribution < -0.4 is 19.5 Å². The van der Waals surface area contributed by atoms with Gasteiger partial charge in [0.1, 0.15) is 0 Å². The van der Waals surface area contributed by atoms with Crippen molar-refractivity contribution < 1.29 is 22.7 Å². The first-order chi connectivity index (χ1) is 16.8. The van der Waals surface area contributed by atoms with Crippen molar-refractivity contribution in [3.63, 3.8) is 0 Å². The third kappa shape index (κ3) is 7.97. The highest BCUT2D eigenvalue weighted by Gasteiger charge is 2.27. The van der Waals surface area contributed by atoms with Crippen molar-refractivity contribution in [2.45, 2.75) is 57.8 Å². The van der Waals surface area contributed by atoms with Gasteiger partial charge in [-0.25, -0.2) is 13.1 Å². The Hall–Kier alpha value is -2.58. The van der Waals surface area contributed by atoms with E-state index in [1.165, 1.54) is 0 Å². The molecule has 192 valence electrons. The van der Waals surface area contributed by atoms with Gasteiger partial charge in [0.15, 0.2) is 11.5 Å². The maximum absolute atomic E-state index is 12.7. The zero-order valence-electron chi connectivity index (χ0n) is 21.0. The maximum atomic E-state index is 12.7. The molecule has 1 saturated carbocycles. The van der Waals surface area contributed by atoms with Crippen molar-refractivity contribution in [2.24, 2.45) is 11.8 Å². The first-order valence-electron chi connectivity index (χ1n) is 12.5. The van der Waals surface area contributed by atoms with Gasteiger partial charge in [-0.1, -0.05) is 23.8 Å². The molecule has 0 heterocycles. The number of aryl methyl sites for hydroxylation is 1. The molecule has 7 nitrogen and oxygen atoms in total. The van der Waals surface area contributed by atoms with E-state index < -0.39 is 10.0 Å². The second-order valence-corrected chi connectivity index (χ2v) is 10.8. The predicted molar refractivity (Wildman–Crippen MR) is 137 cm³/mol. The minimum atomic E-state index is -3.50.